The zero-order chi connectivity index (χ0) is 11.9. The van der Waals surface area contributed by atoms with E-state index < -0.39 is 0 Å². The summed E-state index contributed by atoms with van der Waals surface area (Å²) < 4.78 is 7.47. The Kier molecular flexibility index (Phi) is 3.02. The molecule has 0 saturated carbocycles. The Morgan fingerprint density at radius 1 is 1.38 bits per heavy atom. The van der Waals surface area contributed by atoms with Crippen LogP contribution >= 0.6 is 0 Å². The average molecular weight is 224 g/mol. The van der Waals surface area contributed by atoms with Gasteiger partial charge in [0.05, 0.1) is 12.5 Å². The molecule has 0 radical (unpaired) electrons. The lowest BCUT2D eigenvalue weighted by atomic mass is 9.96. The van der Waals surface area contributed by atoms with Gasteiger partial charge in [-0.3, -0.25) is 0 Å². The molecule has 0 bridgehead atoms. The minimum absolute atomic E-state index is 0.0127. The summed E-state index contributed by atoms with van der Waals surface area (Å²) in [5.74, 6) is 0.729. The Bertz CT molecular complexity index is 335. The van der Waals surface area contributed by atoms with Crippen LogP contribution in [0.2, 0.25) is 0 Å². The van der Waals surface area contributed by atoms with Gasteiger partial charge in [-0.05, 0) is 11.5 Å². The van der Waals surface area contributed by atoms with Crippen LogP contribution in [0.1, 0.15) is 34.1 Å². The summed E-state index contributed by atoms with van der Waals surface area (Å²) in [6.45, 7) is 9.22. The van der Waals surface area contributed by atoms with E-state index >= 15 is 0 Å². The summed E-state index contributed by atoms with van der Waals surface area (Å²) in [6, 6.07) is 0. The van der Waals surface area contributed by atoms with Crippen LogP contribution in [0.5, 0.6) is 0 Å². The van der Waals surface area contributed by atoms with Gasteiger partial charge in [0.2, 0.25) is 0 Å². The third-order valence-corrected chi connectivity index (χ3v) is 3.27. The van der Waals surface area contributed by atoms with Gasteiger partial charge in [0.15, 0.2) is 5.71 Å². The number of fused-ring (bicyclic) bond motifs is 1. The van der Waals surface area contributed by atoms with Crippen molar-refractivity contribution in [2.45, 2.75) is 40.3 Å². The Hall–Kier alpha value is -0.900. The number of hydrazone groups is 1. The zero-order valence-electron chi connectivity index (χ0n) is 10.4. The highest BCUT2D eigenvalue weighted by molar-refractivity contribution is 5.85. The lowest BCUT2D eigenvalue weighted by molar-refractivity contribution is -0.610. The second-order valence-electron chi connectivity index (χ2n) is 5.17. The van der Waals surface area contributed by atoms with Crippen LogP contribution in [0.25, 0.3) is 0 Å². The Balaban J connectivity index is 2.41. The van der Waals surface area contributed by atoms with Gasteiger partial charge >= 0.3 is 0 Å². The maximum Gasteiger partial charge on any atom is 0.295 e. The van der Waals surface area contributed by atoms with E-state index in [1.54, 1.807) is 0 Å². The third kappa shape index (κ3) is 1.75. The SMILES string of the molecule is CC(C)C(C(C)C)=[N+]1N=C([O-])[C@H]2CCO[C@H]21. The zero-order valence-corrected chi connectivity index (χ0v) is 10.4. The van der Waals surface area contributed by atoms with E-state index in [4.69, 9.17) is 4.74 Å². The molecule has 1 fully saturated rings. The van der Waals surface area contributed by atoms with Gasteiger partial charge in [-0.1, -0.05) is 32.4 Å². The molecule has 16 heavy (non-hydrogen) atoms. The lowest BCUT2D eigenvalue weighted by Crippen LogP contribution is -2.34. The van der Waals surface area contributed by atoms with Crippen LogP contribution in [0, 0.1) is 17.8 Å². The molecule has 1 saturated heterocycles. The van der Waals surface area contributed by atoms with Crippen molar-refractivity contribution in [1.29, 1.82) is 0 Å². The summed E-state index contributed by atoms with van der Waals surface area (Å²) in [7, 11) is 0. The summed E-state index contributed by atoms with van der Waals surface area (Å²) in [5.41, 5.74) is 1.20. The minimum atomic E-state index is -0.132. The highest BCUT2D eigenvalue weighted by Gasteiger charge is 2.46. The van der Waals surface area contributed by atoms with E-state index in [1.165, 1.54) is 5.71 Å². The molecule has 0 N–H and O–H groups in total. The smallest absolute Gasteiger partial charge is 0.295 e. The molecule has 0 aromatic carbocycles. The molecular weight excluding hydrogens is 204 g/mol. The van der Waals surface area contributed by atoms with Crippen LogP contribution in [-0.4, -0.2) is 29.1 Å². The van der Waals surface area contributed by atoms with Crippen LogP contribution in [0.15, 0.2) is 5.10 Å². The molecule has 0 aromatic heterocycles. The van der Waals surface area contributed by atoms with Gasteiger partial charge in [0.25, 0.3) is 6.23 Å². The van der Waals surface area contributed by atoms with Crippen molar-refractivity contribution >= 4 is 11.6 Å². The van der Waals surface area contributed by atoms with Crippen LogP contribution in [0.4, 0.5) is 0 Å². The number of rotatable bonds is 2. The predicted molar refractivity (Wildman–Crippen MR) is 60.2 cm³/mol. The molecule has 90 valence electrons. The lowest BCUT2D eigenvalue weighted by Gasteiger charge is -2.13. The monoisotopic (exact) mass is 224 g/mol. The first-order valence-corrected chi connectivity index (χ1v) is 6.05. The van der Waals surface area contributed by atoms with Crippen LogP contribution in [-0.2, 0) is 4.74 Å². The summed E-state index contributed by atoms with van der Waals surface area (Å²) >= 11 is 0. The quantitative estimate of drug-likeness (QED) is 0.651. The average Bonchev–Trinajstić information content (AvgIpc) is 2.71. The first-order valence-electron chi connectivity index (χ1n) is 6.05. The maximum atomic E-state index is 11.7. The van der Waals surface area contributed by atoms with Crippen molar-refractivity contribution in [2.24, 2.45) is 22.9 Å². The fourth-order valence-electron chi connectivity index (χ4n) is 2.70. The van der Waals surface area contributed by atoms with Crippen molar-refractivity contribution in [3.63, 3.8) is 0 Å². The molecule has 0 aromatic rings. The largest absolute Gasteiger partial charge is 0.857 e. The molecular formula is C12H20N2O2. The number of nitrogens with zero attached hydrogens (tertiary/aromatic N) is 2. The molecule has 2 heterocycles. The Morgan fingerprint density at radius 3 is 2.56 bits per heavy atom. The van der Waals surface area contributed by atoms with E-state index in [1.807, 2.05) is 4.68 Å². The van der Waals surface area contributed by atoms with E-state index in [9.17, 15) is 5.11 Å². The van der Waals surface area contributed by atoms with Crippen molar-refractivity contribution in [3.8, 4) is 0 Å². The molecule has 0 aliphatic carbocycles. The number of hydrogen-bond donors (Lipinski definition) is 0. The second-order valence-corrected chi connectivity index (χ2v) is 5.17. The molecule has 2 rings (SSSR count). The number of hydrogen-bond acceptors (Lipinski definition) is 3. The minimum Gasteiger partial charge on any atom is -0.857 e. The van der Waals surface area contributed by atoms with Crippen molar-refractivity contribution in [2.75, 3.05) is 6.61 Å². The summed E-state index contributed by atoms with van der Waals surface area (Å²) in [5, 5.41) is 15.9. The maximum absolute atomic E-state index is 11.7. The summed E-state index contributed by atoms with van der Waals surface area (Å²) in [4.78, 5) is 0. The molecule has 4 heteroatoms. The molecule has 0 amide bonds. The normalized spacial score (nSPS) is 28.9. The van der Waals surface area contributed by atoms with Gasteiger partial charge in [0.1, 0.15) is 0 Å². The van der Waals surface area contributed by atoms with Crippen molar-refractivity contribution < 1.29 is 14.5 Å². The standard InChI is InChI=1S/C12H20N2O2/c1-7(2)10(8(3)4)14-12-9(5-6-16-12)11(15)13-14/h7-9,12H,5-6H2,1-4H3/t9-,12-/m1/s1. The van der Waals surface area contributed by atoms with Gasteiger partial charge in [-0.25, -0.2) is 0 Å². The van der Waals surface area contributed by atoms with Gasteiger partial charge in [-0.15, -0.1) is 0 Å². The topological polar surface area (TPSA) is 47.7 Å². The van der Waals surface area contributed by atoms with E-state index in [2.05, 4.69) is 32.8 Å². The first kappa shape index (κ1) is 11.6. The molecule has 2 atom stereocenters. The van der Waals surface area contributed by atoms with Gasteiger partial charge < -0.3 is 9.84 Å². The molecule has 2 aliphatic heterocycles. The number of ether oxygens (including phenoxy) is 1. The van der Waals surface area contributed by atoms with Crippen LogP contribution < -0.4 is 5.11 Å². The van der Waals surface area contributed by atoms with Crippen LogP contribution in [0.3, 0.4) is 0 Å². The van der Waals surface area contributed by atoms with E-state index in [0.717, 1.165) is 6.42 Å². The Labute approximate surface area is 96.6 Å². The van der Waals surface area contributed by atoms with Gasteiger partial charge in [-0.2, -0.15) is 0 Å². The summed E-state index contributed by atoms with van der Waals surface area (Å²) in [6.07, 6.45) is 0.680. The first-order chi connectivity index (χ1) is 7.52. The second kappa shape index (κ2) is 4.17. The fourth-order valence-corrected chi connectivity index (χ4v) is 2.70. The fraction of sp³-hybridized carbons (Fsp3) is 0.833. The van der Waals surface area contributed by atoms with Gasteiger partial charge in [0, 0.05) is 17.7 Å². The Morgan fingerprint density at radius 2 is 2.00 bits per heavy atom. The van der Waals surface area contributed by atoms with E-state index in [-0.39, 0.29) is 18.0 Å². The van der Waals surface area contributed by atoms with E-state index in [0.29, 0.717) is 18.4 Å². The highest BCUT2D eigenvalue weighted by atomic mass is 16.5. The van der Waals surface area contributed by atoms with Crippen molar-refractivity contribution in [1.82, 2.24) is 0 Å². The molecule has 0 spiro atoms. The van der Waals surface area contributed by atoms with Crippen molar-refractivity contribution in [3.05, 3.63) is 0 Å². The molecule has 2 aliphatic rings. The highest BCUT2D eigenvalue weighted by Crippen LogP contribution is 2.28. The predicted octanol–water partition coefficient (Wildman–Crippen LogP) is 0.802. The molecule has 0 unspecified atom stereocenters. The third-order valence-electron chi connectivity index (χ3n) is 3.27. The molecule has 4 nitrogen and oxygen atoms in total.